The third kappa shape index (κ3) is 1.53. The predicted molar refractivity (Wildman–Crippen MR) is 69.1 cm³/mol. The van der Waals surface area contributed by atoms with Gasteiger partial charge in [-0.25, -0.2) is 0 Å². The Hall–Kier alpha value is -1.51. The number of benzene rings is 1. The number of aryl methyl sites for hydroxylation is 1. The normalized spacial score (nSPS) is 22.3. The van der Waals surface area contributed by atoms with Gasteiger partial charge in [0.05, 0.1) is 18.3 Å². The molecule has 1 aromatic carbocycles. The van der Waals surface area contributed by atoms with Gasteiger partial charge in [-0.1, -0.05) is 6.92 Å². The van der Waals surface area contributed by atoms with E-state index in [1.807, 2.05) is 33.8 Å². The summed E-state index contributed by atoms with van der Waals surface area (Å²) in [5.74, 6) is 0.960. The van der Waals surface area contributed by atoms with E-state index in [-0.39, 0.29) is 5.78 Å². The lowest BCUT2D eigenvalue weighted by atomic mass is 9.92. The van der Waals surface area contributed by atoms with Gasteiger partial charge in [0.2, 0.25) is 0 Å². The fourth-order valence-electron chi connectivity index (χ4n) is 2.32. The Morgan fingerprint density at radius 1 is 1.41 bits per heavy atom. The van der Waals surface area contributed by atoms with Gasteiger partial charge >= 0.3 is 0 Å². The number of Topliss-reactive ketones (excluding diaryl/α,β-unsaturated/α-hetero) is 1. The summed E-state index contributed by atoms with van der Waals surface area (Å²) in [6, 6.07) is 1.96. The maximum Gasteiger partial charge on any atom is 0.190 e. The predicted octanol–water partition coefficient (Wildman–Crippen LogP) is 3.09. The summed E-state index contributed by atoms with van der Waals surface area (Å²) in [4.78, 5) is 12.4. The number of ketones is 1. The van der Waals surface area contributed by atoms with Crippen LogP contribution in [0.25, 0.3) is 0 Å². The molecule has 1 aliphatic rings. The second-order valence-electron chi connectivity index (χ2n) is 4.91. The minimum absolute atomic E-state index is 0.163. The van der Waals surface area contributed by atoms with Crippen molar-refractivity contribution in [1.29, 1.82) is 0 Å². The average Bonchev–Trinajstić information content (AvgIpc) is 2.55. The number of fused-ring (bicyclic) bond motifs is 1. The molecule has 0 spiro atoms. The molecule has 1 heterocycles. The van der Waals surface area contributed by atoms with E-state index in [9.17, 15) is 4.79 Å². The lowest BCUT2D eigenvalue weighted by Crippen LogP contribution is -2.37. The van der Waals surface area contributed by atoms with Gasteiger partial charge in [0.1, 0.15) is 5.75 Å². The molecule has 1 aliphatic heterocycles. The van der Waals surface area contributed by atoms with Gasteiger partial charge in [0.15, 0.2) is 5.78 Å². The lowest BCUT2D eigenvalue weighted by molar-refractivity contribution is 0.0926. The molecule has 0 aromatic heterocycles. The van der Waals surface area contributed by atoms with E-state index in [2.05, 4.69) is 5.32 Å². The number of hydrogen-bond acceptors (Lipinski definition) is 3. The van der Waals surface area contributed by atoms with Gasteiger partial charge in [-0.15, -0.1) is 0 Å². The molecule has 0 aliphatic carbocycles. The molecule has 0 amide bonds. The lowest BCUT2D eigenvalue weighted by Gasteiger charge is -2.21. The Balaban J connectivity index is 2.67. The Bertz CT molecular complexity index is 493. The van der Waals surface area contributed by atoms with Crippen molar-refractivity contribution >= 4 is 11.5 Å². The third-order valence-corrected chi connectivity index (χ3v) is 3.85. The Kier molecular flexibility index (Phi) is 2.64. The first kappa shape index (κ1) is 12.0. The van der Waals surface area contributed by atoms with Crippen LogP contribution >= 0.6 is 0 Å². The molecule has 3 nitrogen and oxygen atoms in total. The van der Waals surface area contributed by atoms with Crippen molar-refractivity contribution in [2.45, 2.75) is 39.7 Å². The monoisotopic (exact) mass is 233 g/mol. The molecule has 0 radical (unpaired) electrons. The molecule has 0 saturated heterocycles. The van der Waals surface area contributed by atoms with Crippen LogP contribution in [0.3, 0.4) is 0 Å². The largest absolute Gasteiger partial charge is 0.494 e. The van der Waals surface area contributed by atoms with Crippen molar-refractivity contribution in [2.75, 3.05) is 12.4 Å². The molecule has 1 atom stereocenters. The summed E-state index contributed by atoms with van der Waals surface area (Å²) < 4.78 is 5.44. The topological polar surface area (TPSA) is 38.3 Å². The first-order chi connectivity index (χ1) is 7.94. The summed E-state index contributed by atoms with van der Waals surface area (Å²) in [6.45, 7) is 7.98. The van der Waals surface area contributed by atoms with E-state index in [0.29, 0.717) is 0 Å². The maximum absolute atomic E-state index is 12.4. The fraction of sp³-hybridized carbons (Fsp3) is 0.500. The van der Waals surface area contributed by atoms with E-state index in [4.69, 9.17) is 4.74 Å². The molecule has 0 fully saturated rings. The zero-order valence-electron chi connectivity index (χ0n) is 11.1. The van der Waals surface area contributed by atoms with Gasteiger partial charge in [0, 0.05) is 5.56 Å². The minimum atomic E-state index is -0.490. The number of nitrogens with one attached hydrogen (secondary N) is 1. The highest BCUT2D eigenvalue weighted by molar-refractivity contribution is 6.14. The Morgan fingerprint density at radius 2 is 2.06 bits per heavy atom. The smallest absolute Gasteiger partial charge is 0.190 e. The average molecular weight is 233 g/mol. The molecular weight excluding hydrogens is 214 g/mol. The minimum Gasteiger partial charge on any atom is -0.494 e. The van der Waals surface area contributed by atoms with E-state index < -0.39 is 5.54 Å². The van der Waals surface area contributed by atoms with Crippen LogP contribution < -0.4 is 10.1 Å². The number of carbonyl (C=O) groups excluding carboxylic acids is 1. The Morgan fingerprint density at radius 3 is 2.59 bits per heavy atom. The first-order valence-corrected chi connectivity index (χ1v) is 5.95. The highest BCUT2D eigenvalue weighted by Crippen LogP contribution is 2.43. The van der Waals surface area contributed by atoms with Crippen molar-refractivity contribution in [3.8, 4) is 5.75 Å². The Labute approximate surface area is 102 Å². The number of anilines is 1. The van der Waals surface area contributed by atoms with Crippen LogP contribution in [0.2, 0.25) is 0 Å². The number of methoxy groups -OCH3 is 1. The van der Waals surface area contributed by atoms with Crippen molar-refractivity contribution < 1.29 is 9.53 Å². The molecule has 1 aromatic rings. The SMILES string of the molecule is CCC1(C)Nc2c(cc(C)c(C)c2OC)C1=O. The van der Waals surface area contributed by atoms with Crippen LogP contribution in [0.1, 0.15) is 41.8 Å². The van der Waals surface area contributed by atoms with Crippen LogP contribution in [0.4, 0.5) is 5.69 Å². The van der Waals surface area contributed by atoms with Gasteiger partial charge in [-0.2, -0.15) is 0 Å². The summed E-state index contributed by atoms with van der Waals surface area (Å²) in [7, 11) is 1.65. The first-order valence-electron chi connectivity index (χ1n) is 5.95. The van der Waals surface area contributed by atoms with E-state index >= 15 is 0 Å². The third-order valence-electron chi connectivity index (χ3n) is 3.85. The highest BCUT2D eigenvalue weighted by atomic mass is 16.5. The molecule has 0 saturated carbocycles. The number of rotatable bonds is 2. The van der Waals surface area contributed by atoms with Crippen LogP contribution in [0, 0.1) is 13.8 Å². The van der Waals surface area contributed by atoms with Crippen LogP contribution in [-0.4, -0.2) is 18.4 Å². The molecular formula is C14H19NO2. The van der Waals surface area contributed by atoms with Crippen LogP contribution in [-0.2, 0) is 0 Å². The summed E-state index contributed by atoms with van der Waals surface area (Å²) in [5, 5.41) is 3.32. The number of carbonyl (C=O) groups is 1. The van der Waals surface area contributed by atoms with Crippen molar-refractivity contribution in [3.05, 3.63) is 22.8 Å². The number of hydrogen-bond donors (Lipinski definition) is 1. The molecule has 92 valence electrons. The zero-order chi connectivity index (χ0) is 12.8. The van der Waals surface area contributed by atoms with Crippen molar-refractivity contribution in [3.63, 3.8) is 0 Å². The van der Waals surface area contributed by atoms with Gasteiger partial charge in [-0.05, 0) is 44.4 Å². The summed E-state index contributed by atoms with van der Waals surface area (Å²) in [5.41, 5.74) is 3.30. The summed E-state index contributed by atoms with van der Waals surface area (Å²) in [6.07, 6.45) is 0.766. The van der Waals surface area contributed by atoms with E-state index in [1.54, 1.807) is 7.11 Å². The zero-order valence-corrected chi connectivity index (χ0v) is 11.1. The van der Waals surface area contributed by atoms with E-state index in [1.165, 1.54) is 0 Å². The summed E-state index contributed by atoms with van der Waals surface area (Å²) >= 11 is 0. The van der Waals surface area contributed by atoms with Crippen LogP contribution in [0.5, 0.6) is 5.75 Å². The molecule has 1 N–H and O–H groups in total. The van der Waals surface area contributed by atoms with Gasteiger partial charge in [-0.3, -0.25) is 4.79 Å². The molecule has 2 rings (SSSR count). The second-order valence-corrected chi connectivity index (χ2v) is 4.91. The van der Waals surface area contributed by atoms with Gasteiger partial charge in [0.25, 0.3) is 0 Å². The standard InChI is InChI=1S/C14H19NO2/c1-6-14(4)13(16)10-7-8(2)9(3)12(17-5)11(10)15-14/h7,15H,6H2,1-5H3. The van der Waals surface area contributed by atoms with E-state index in [0.717, 1.165) is 34.5 Å². The van der Waals surface area contributed by atoms with Crippen molar-refractivity contribution in [1.82, 2.24) is 0 Å². The van der Waals surface area contributed by atoms with Crippen LogP contribution in [0.15, 0.2) is 6.07 Å². The molecule has 17 heavy (non-hydrogen) atoms. The highest BCUT2D eigenvalue weighted by Gasteiger charge is 2.41. The van der Waals surface area contributed by atoms with Gasteiger partial charge < -0.3 is 10.1 Å². The molecule has 3 heteroatoms. The number of ether oxygens (including phenoxy) is 1. The fourth-order valence-corrected chi connectivity index (χ4v) is 2.32. The quantitative estimate of drug-likeness (QED) is 0.853. The maximum atomic E-state index is 12.4. The second kappa shape index (κ2) is 3.76. The van der Waals surface area contributed by atoms with Crippen molar-refractivity contribution in [2.24, 2.45) is 0 Å². The molecule has 1 unspecified atom stereocenters. The molecule has 0 bridgehead atoms.